The van der Waals surface area contributed by atoms with Crippen molar-refractivity contribution in [3.8, 4) is 5.75 Å². The summed E-state index contributed by atoms with van der Waals surface area (Å²) in [6.45, 7) is 3.29. The number of ether oxygens (including phenoxy) is 8. The van der Waals surface area contributed by atoms with Crippen molar-refractivity contribution in [1.29, 1.82) is 0 Å². The first-order valence-corrected chi connectivity index (χ1v) is 13.8. The highest BCUT2D eigenvalue weighted by Gasteiger charge is 2.53. The van der Waals surface area contributed by atoms with E-state index in [1.165, 1.54) is 6.08 Å². The quantitative estimate of drug-likeness (QED) is 0.274. The molecule has 0 aromatic heterocycles. The molecule has 230 valence electrons. The highest BCUT2D eigenvalue weighted by atomic mass is 16.8. The molecule has 2 aromatic rings. The van der Waals surface area contributed by atoms with Gasteiger partial charge < -0.3 is 58.3 Å². The average Bonchev–Trinajstić information content (AvgIpc) is 3.03. The van der Waals surface area contributed by atoms with Crippen LogP contribution in [0.2, 0.25) is 0 Å². The van der Waals surface area contributed by atoms with Crippen LogP contribution in [0.25, 0.3) is 0 Å². The van der Waals surface area contributed by atoms with Gasteiger partial charge in [-0.1, -0.05) is 48.5 Å². The number of rotatable bonds is 11. The lowest BCUT2D eigenvalue weighted by atomic mass is 9.96. The third-order valence-corrected chi connectivity index (χ3v) is 7.47. The third-order valence-electron chi connectivity index (χ3n) is 7.47. The fourth-order valence-electron chi connectivity index (χ4n) is 5.24. The Labute approximate surface area is 243 Å². The average molecular weight is 591 g/mol. The van der Waals surface area contributed by atoms with Gasteiger partial charge in [0.05, 0.1) is 33.5 Å². The van der Waals surface area contributed by atoms with E-state index in [1.807, 2.05) is 42.5 Å². The summed E-state index contributed by atoms with van der Waals surface area (Å²) in [5, 5.41) is 42.9. The largest absolute Gasteiger partial charge is 0.497 e. The smallest absolute Gasteiger partial charge is 0.187 e. The fourth-order valence-corrected chi connectivity index (χ4v) is 5.24. The second-order valence-corrected chi connectivity index (χ2v) is 10.3. The van der Waals surface area contributed by atoms with E-state index in [0.29, 0.717) is 5.75 Å². The molecule has 4 N–H and O–H groups in total. The van der Waals surface area contributed by atoms with Crippen molar-refractivity contribution in [2.24, 2.45) is 0 Å². The van der Waals surface area contributed by atoms with Crippen LogP contribution in [0.3, 0.4) is 0 Å². The molecular weight excluding hydrogens is 552 g/mol. The van der Waals surface area contributed by atoms with Gasteiger partial charge in [-0.3, -0.25) is 0 Å². The minimum absolute atomic E-state index is 0.0584. The zero-order valence-electron chi connectivity index (χ0n) is 23.2. The lowest BCUT2D eigenvalue weighted by Crippen LogP contribution is -2.66. The van der Waals surface area contributed by atoms with Crippen molar-refractivity contribution in [3.63, 3.8) is 0 Å². The van der Waals surface area contributed by atoms with Crippen molar-refractivity contribution in [1.82, 2.24) is 0 Å². The van der Waals surface area contributed by atoms with Gasteiger partial charge in [-0.15, -0.1) is 6.58 Å². The molecule has 5 rings (SSSR count). The Kier molecular flexibility index (Phi) is 10.6. The molecule has 11 atom stereocenters. The van der Waals surface area contributed by atoms with Crippen molar-refractivity contribution >= 4 is 0 Å². The Hall–Kier alpha value is -2.46. The maximum Gasteiger partial charge on any atom is 0.187 e. The van der Waals surface area contributed by atoms with Crippen LogP contribution in [-0.4, -0.2) is 109 Å². The number of hydrogen-bond donors (Lipinski definition) is 4. The number of aliphatic hydroxyl groups is 4. The van der Waals surface area contributed by atoms with Gasteiger partial charge in [0.25, 0.3) is 0 Å². The molecule has 2 aromatic carbocycles. The normalized spacial score (nSPS) is 36.6. The van der Waals surface area contributed by atoms with Crippen LogP contribution in [0, 0.1) is 0 Å². The van der Waals surface area contributed by atoms with E-state index in [9.17, 15) is 20.4 Å². The van der Waals surface area contributed by atoms with E-state index >= 15 is 0 Å². The van der Waals surface area contributed by atoms with Crippen LogP contribution in [0.4, 0.5) is 0 Å². The Balaban J connectivity index is 1.34. The first-order chi connectivity index (χ1) is 20.4. The first kappa shape index (κ1) is 31.0. The molecule has 1 unspecified atom stereocenters. The Bertz CT molecular complexity index is 1120. The lowest BCUT2D eigenvalue weighted by Gasteiger charge is -2.49. The second kappa shape index (κ2) is 14.3. The Morgan fingerprint density at radius 1 is 0.881 bits per heavy atom. The van der Waals surface area contributed by atoms with Gasteiger partial charge in [0.1, 0.15) is 54.6 Å². The summed E-state index contributed by atoms with van der Waals surface area (Å²) in [5.41, 5.74) is 1.63. The van der Waals surface area contributed by atoms with Crippen molar-refractivity contribution in [2.45, 2.75) is 74.3 Å². The number of methoxy groups -OCH3 is 1. The standard InChI is InChI=1S/C30H38O12/c1-3-13-36-29-23(33)22(32)25(20(14-31)39-29)41-30-24(34)27(37-15-17-9-11-19(35-2)12-10-17)26-21(40-30)16-38-28(42-26)18-7-5-4-6-8-18/h3-12,20-34H,1,13-16H2,2H3/t20-,21-,22-,23-,24-,25-,26+,27-,28?,29-,30+/m1/s1. The molecule has 3 saturated heterocycles. The molecule has 3 aliphatic rings. The molecule has 3 fully saturated rings. The summed E-state index contributed by atoms with van der Waals surface area (Å²) in [4.78, 5) is 0. The van der Waals surface area contributed by atoms with Crippen molar-refractivity contribution in [3.05, 3.63) is 78.4 Å². The van der Waals surface area contributed by atoms with Gasteiger partial charge in [0, 0.05) is 5.56 Å². The van der Waals surface area contributed by atoms with E-state index in [0.717, 1.165) is 11.1 Å². The number of hydrogen-bond acceptors (Lipinski definition) is 12. The predicted molar refractivity (Wildman–Crippen MR) is 145 cm³/mol. The van der Waals surface area contributed by atoms with Crippen LogP contribution in [0.5, 0.6) is 5.75 Å². The minimum atomic E-state index is -1.53. The fraction of sp³-hybridized carbons (Fsp3) is 0.533. The predicted octanol–water partition coefficient (Wildman–Crippen LogP) is 0.807. The maximum atomic E-state index is 11.5. The Morgan fingerprint density at radius 2 is 1.64 bits per heavy atom. The van der Waals surface area contributed by atoms with Crippen LogP contribution < -0.4 is 4.74 Å². The summed E-state index contributed by atoms with van der Waals surface area (Å²) in [7, 11) is 1.58. The van der Waals surface area contributed by atoms with Gasteiger partial charge in [-0.25, -0.2) is 0 Å². The van der Waals surface area contributed by atoms with E-state index < -0.39 is 74.3 Å². The first-order valence-electron chi connectivity index (χ1n) is 13.8. The molecule has 0 aliphatic carbocycles. The van der Waals surface area contributed by atoms with E-state index in [-0.39, 0.29) is 19.8 Å². The Morgan fingerprint density at radius 3 is 2.33 bits per heavy atom. The third kappa shape index (κ3) is 6.85. The molecule has 12 heteroatoms. The minimum Gasteiger partial charge on any atom is -0.497 e. The summed E-state index contributed by atoms with van der Waals surface area (Å²) >= 11 is 0. The van der Waals surface area contributed by atoms with Crippen molar-refractivity contribution in [2.75, 3.05) is 26.9 Å². The number of fused-ring (bicyclic) bond motifs is 1. The molecule has 42 heavy (non-hydrogen) atoms. The van der Waals surface area contributed by atoms with Crippen LogP contribution in [-0.2, 0) is 39.8 Å². The second-order valence-electron chi connectivity index (χ2n) is 10.3. The van der Waals surface area contributed by atoms with Gasteiger partial charge in [0.2, 0.25) is 0 Å². The van der Waals surface area contributed by atoms with Crippen LogP contribution >= 0.6 is 0 Å². The van der Waals surface area contributed by atoms with Gasteiger partial charge in [-0.05, 0) is 17.7 Å². The van der Waals surface area contributed by atoms with Crippen LogP contribution in [0.15, 0.2) is 67.3 Å². The van der Waals surface area contributed by atoms with E-state index in [1.54, 1.807) is 19.2 Å². The molecule has 0 spiro atoms. The topological polar surface area (TPSA) is 155 Å². The lowest BCUT2D eigenvalue weighted by molar-refractivity contribution is -0.389. The molecule has 3 heterocycles. The molecule has 0 amide bonds. The SMILES string of the molecule is C=CCO[C@@H]1O[C@H](CO)[C@@H](O[C@@H]2O[C@@H]3COC(c4ccccc4)O[C@@H]3[C@H](OCc3ccc(OC)cc3)[C@H]2O)[C@H](O)[C@H]1O. The number of benzene rings is 2. The zero-order chi connectivity index (χ0) is 29.6. The monoisotopic (exact) mass is 590 g/mol. The van der Waals surface area contributed by atoms with Gasteiger partial charge >= 0.3 is 0 Å². The van der Waals surface area contributed by atoms with Gasteiger partial charge in [-0.2, -0.15) is 0 Å². The summed E-state index contributed by atoms with van der Waals surface area (Å²) in [6, 6.07) is 16.7. The van der Waals surface area contributed by atoms with Crippen LogP contribution in [0.1, 0.15) is 17.4 Å². The molecule has 0 bridgehead atoms. The van der Waals surface area contributed by atoms with E-state index in [2.05, 4.69) is 6.58 Å². The van der Waals surface area contributed by atoms with E-state index in [4.69, 9.17) is 37.9 Å². The summed E-state index contributed by atoms with van der Waals surface area (Å²) in [6.07, 6.45) is -11.0. The molecule has 0 radical (unpaired) electrons. The molecule has 3 aliphatic heterocycles. The highest BCUT2D eigenvalue weighted by Crippen LogP contribution is 2.37. The summed E-state index contributed by atoms with van der Waals surface area (Å²) in [5.74, 6) is 0.697. The zero-order valence-corrected chi connectivity index (χ0v) is 23.2. The molecule has 0 saturated carbocycles. The molecular formula is C30H38O12. The maximum absolute atomic E-state index is 11.5. The number of aliphatic hydroxyl groups excluding tert-OH is 4. The summed E-state index contributed by atoms with van der Waals surface area (Å²) < 4.78 is 46.8. The molecule has 12 nitrogen and oxygen atoms in total. The highest BCUT2D eigenvalue weighted by molar-refractivity contribution is 5.26. The van der Waals surface area contributed by atoms with Gasteiger partial charge in [0.15, 0.2) is 18.9 Å². The van der Waals surface area contributed by atoms with Crippen molar-refractivity contribution < 1.29 is 58.3 Å².